The molecule has 0 saturated heterocycles. The van der Waals surface area contributed by atoms with Crippen molar-refractivity contribution < 1.29 is 4.79 Å². The van der Waals surface area contributed by atoms with E-state index in [1.807, 2.05) is 41.0 Å². The van der Waals surface area contributed by atoms with E-state index >= 15 is 0 Å². The molecule has 4 rings (SSSR count). The Morgan fingerprint density at radius 3 is 2.65 bits per heavy atom. The fourth-order valence-corrected chi connectivity index (χ4v) is 4.71. The summed E-state index contributed by atoms with van der Waals surface area (Å²) in [4.78, 5) is 26.1. The summed E-state index contributed by atoms with van der Waals surface area (Å²) in [5, 5.41) is 9.57. The first-order chi connectivity index (χ1) is 12.5. The summed E-state index contributed by atoms with van der Waals surface area (Å²) in [6, 6.07) is 9.68. The number of nitrogens with two attached hydrogens (primary N) is 1. The van der Waals surface area contributed by atoms with Crippen LogP contribution in [-0.2, 0) is 6.54 Å². The van der Waals surface area contributed by atoms with Crippen molar-refractivity contribution in [3.8, 4) is 0 Å². The van der Waals surface area contributed by atoms with Gasteiger partial charge in [0.2, 0.25) is 5.78 Å². The molecule has 1 aromatic carbocycles. The van der Waals surface area contributed by atoms with E-state index in [0.717, 1.165) is 5.56 Å². The molecule has 132 valence electrons. The third-order valence-electron chi connectivity index (χ3n) is 4.24. The number of amides is 1. The van der Waals surface area contributed by atoms with Crippen LogP contribution in [0.15, 0.2) is 40.3 Å². The lowest BCUT2D eigenvalue weighted by Gasteiger charge is -2.09. The van der Waals surface area contributed by atoms with Gasteiger partial charge >= 0.3 is 0 Å². The smallest absolute Gasteiger partial charge is 0.264 e. The number of rotatable bonds is 4. The zero-order chi connectivity index (χ0) is 18.4. The van der Waals surface area contributed by atoms with Gasteiger partial charge in [-0.15, -0.1) is 21.5 Å². The van der Waals surface area contributed by atoms with Gasteiger partial charge in [-0.2, -0.15) is 0 Å². The molecule has 0 aliphatic heterocycles. The first kappa shape index (κ1) is 16.8. The van der Waals surface area contributed by atoms with Gasteiger partial charge in [-0.3, -0.25) is 14.2 Å². The highest BCUT2D eigenvalue weighted by molar-refractivity contribution is 7.98. The number of hydrogen-bond donors (Lipinski definition) is 1. The van der Waals surface area contributed by atoms with Gasteiger partial charge in [0.15, 0.2) is 5.16 Å². The van der Waals surface area contributed by atoms with E-state index in [1.54, 1.807) is 11.5 Å². The molecule has 4 aromatic rings. The van der Waals surface area contributed by atoms with Gasteiger partial charge in [-0.05, 0) is 24.3 Å². The summed E-state index contributed by atoms with van der Waals surface area (Å²) in [5.74, 6) is -0.0855. The summed E-state index contributed by atoms with van der Waals surface area (Å²) in [5.41, 5.74) is 6.88. The van der Waals surface area contributed by atoms with E-state index in [-0.39, 0.29) is 5.56 Å². The second-order valence-corrected chi connectivity index (χ2v) is 7.57. The average Bonchev–Trinajstić information content (AvgIpc) is 3.20. The maximum atomic E-state index is 13.2. The second-order valence-electron chi connectivity index (χ2n) is 5.80. The van der Waals surface area contributed by atoms with Crippen LogP contribution in [0.4, 0.5) is 0 Å². The molecule has 2 N–H and O–H groups in total. The molecule has 0 aliphatic rings. The minimum absolute atomic E-state index is 0.197. The fourth-order valence-electron chi connectivity index (χ4n) is 3.02. The number of carbonyl (C=O) groups excluding carboxylic acids is 1. The van der Waals surface area contributed by atoms with Crippen LogP contribution in [0.1, 0.15) is 20.8 Å². The SMILES string of the molecule is CSc1nnc2n(Cc3ccccc3)c(=O)c3c(C)c(C(N)=O)sc3n12. The zero-order valence-corrected chi connectivity index (χ0v) is 15.7. The zero-order valence-electron chi connectivity index (χ0n) is 14.1. The minimum Gasteiger partial charge on any atom is -0.365 e. The molecular weight excluding hydrogens is 370 g/mol. The molecule has 1 amide bonds. The quantitative estimate of drug-likeness (QED) is 0.544. The molecule has 0 atom stereocenters. The van der Waals surface area contributed by atoms with E-state index in [2.05, 4.69) is 10.2 Å². The average molecular weight is 385 g/mol. The number of nitrogens with zero attached hydrogens (tertiary/aromatic N) is 4. The molecule has 0 aliphatic carbocycles. The van der Waals surface area contributed by atoms with E-state index in [1.165, 1.54) is 23.1 Å². The molecule has 3 aromatic heterocycles. The number of aromatic nitrogens is 4. The van der Waals surface area contributed by atoms with Gasteiger partial charge in [0, 0.05) is 0 Å². The predicted octanol–water partition coefficient (Wildman–Crippen LogP) is 2.28. The van der Waals surface area contributed by atoms with Crippen LogP contribution in [0.5, 0.6) is 0 Å². The van der Waals surface area contributed by atoms with Crippen LogP contribution in [-0.4, -0.2) is 31.3 Å². The van der Waals surface area contributed by atoms with Gasteiger partial charge in [0.05, 0.1) is 16.8 Å². The largest absolute Gasteiger partial charge is 0.365 e. The van der Waals surface area contributed by atoms with E-state index < -0.39 is 5.91 Å². The molecule has 0 spiro atoms. The number of fused-ring (bicyclic) bond motifs is 3. The molecule has 0 unspecified atom stereocenters. The molecule has 3 heterocycles. The van der Waals surface area contributed by atoms with Crippen molar-refractivity contribution in [2.75, 3.05) is 6.26 Å². The Balaban J connectivity index is 2.12. The van der Waals surface area contributed by atoms with Crippen LogP contribution in [0, 0.1) is 6.92 Å². The van der Waals surface area contributed by atoms with Gasteiger partial charge in [0.1, 0.15) is 4.83 Å². The Morgan fingerprint density at radius 2 is 2.00 bits per heavy atom. The Morgan fingerprint density at radius 1 is 1.27 bits per heavy atom. The number of benzene rings is 1. The highest BCUT2D eigenvalue weighted by atomic mass is 32.2. The first-order valence-corrected chi connectivity index (χ1v) is 9.85. The maximum Gasteiger partial charge on any atom is 0.264 e. The van der Waals surface area contributed by atoms with Crippen molar-refractivity contribution in [2.24, 2.45) is 5.73 Å². The van der Waals surface area contributed by atoms with Crippen molar-refractivity contribution in [3.05, 3.63) is 56.7 Å². The lowest BCUT2D eigenvalue weighted by Crippen LogP contribution is -2.24. The number of thioether (sulfide) groups is 1. The summed E-state index contributed by atoms with van der Waals surface area (Å²) >= 11 is 2.64. The normalized spacial score (nSPS) is 11.5. The van der Waals surface area contributed by atoms with Crippen molar-refractivity contribution >= 4 is 45.0 Å². The molecule has 0 fully saturated rings. The Kier molecular flexibility index (Phi) is 4.04. The van der Waals surface area contributed by atoms with E-state index in [0.29, 0.717) is 38.1 Å². The molecule has 0 bridgehead atoms. The topological polar surface area (TPSA) is 95.3 Å². The monoisotopic (exact) mass is 385 g/mol. The summed E-state index contributed by atoms with van der Waals surface area (Å²) in [6.07, 6.45) is 1.89. The van der Waals surface area contributed by atoms with Crippen LogP contribution in [0.2, 0.25) is 0 Å². The van der Waals surface area contributed by atoms with Gasteiger partial charge in [0.25, 0.3) is 11.5 Å². The molecular formula is C17H15N5O2S2. The second kappa shape index (κ2) is 6.26. The number of primary amides is 1. The molecule has 0 radical (unpaired) electrons. The molecule has 26 heavy (non-hydrogen) atoms. The third kappa shape index (κ3) is 2.43. The summed E-state index contributed by atoms with van der Waals surface area (Å²) in [6.45, 7) is 2.12. The van der Waals surface area contributed by atoms with Crippen LogP contribution in [0.25, 0.3) is 16.0 Å². The van der Waals surface area contributed by atoms with Crippen LogP contribution in [0.3, 0.4) is 0 Å². The summed E-state index contributed by atoms with van der Waals surface area (Å²) < 4.78 is 3.42. The van der Waals surface area contributed by atoms with Crippen LogP contribution >= 0.6 is 23.1 Å². The van der Waals surface area contributed by atoms with E-state index in [4.69, 9.17) is 5.73 Å². The Hall–Kier alpha value is -2.65. The lowest BCUT2D eigenvalue weighted by atomic mass is 10.2. The van der Waals surface area contributed by atoms with Gasteiger partial charge in [-0.25, -0.2) is 4.40 Å². The van der Waals surface area contributed by atoms with Crippen molar-refractivity contribution in [1.29, 1.82) is 0 Å². The fraction of sp³-hybridized carbons (Fsp3) is 0.176. The molecule has 0 saturated carbocycles. The maximum absolute atomic E-state index is 13.2. The number of aryl methyl sites for hydroxylation is 1. The lowest BCUT2D eigenvalue weighted by molar-refractivity contribution is 0.100. The highest BCUT2D eigenvalue weighted by Gasteiger charge is 2.23. The molecule has 9 heteroatoms. The Labute approximate surface area is 156 Å². The van der Waals surface area contributed by atoms with Crippen molar-refractivity contribution in [3.63, 3.8) is 0 Å². The predicted molar refractivity (Wildman–Crippen MR) is 103 cm³/mol. The molecule has 7 nitrogen and oxygen atoms in total. The third-order valence-corrected chi connectivity index (χ3v) is 6.16. The van der Waals surface area contributed by atoms with Crippen molar-refractivity contribution in [1.82, 2.24) is 19.2 Å². The number of hydrogen-bond acceptors (Lipinski definition) is 6. The standard InChI is InChI=1S/C17H15N5O2S2/c1-9-11-14(24)21(8-10-6-4-3-5-7-10)16-19-20-17(25-2)22(16)15(11)26-12(9)13(18)23/h3-7H,8H2,1-2H3,(H2,18,23). The Bertz CT molecular complexity index is 1210. The van der Waals surface area contributed by atoms with Gasteiger partial charge in [-0.1, -0.05) is 42.1 Å². The van der Waals surface area contributed by atoms with Crippen molar-refractivity contribution in [2.45, 2.75) is 18.6 Å². The highest BCUT2D eigenvalue weighted by Crippen LogP contribution is 2.31. The van der Waals surface area contributed by atoms with Gasteiger partial charge < -0.3 is 5.73 Å². The minimum atomic E-state index is -0.537. The number of thiophene rings is 1. The summed E-state index contributed by atoms with van der Waals surface area (Å²) in [7, 11) is 0. The van der Waals surface area contributed by atoms with Crippen LogP contribution < -0.4 is 11.3 Å². The first-order valence-electron chi connectivity index (χ1n) is 7.81. The van der Waals surface area contributed by atoms with E-state index in [9.17, 15) is 9.59 Å². The number of carbonyl (C=O) groups is 1.